The van der Waals surface area contributed by atoms with Crippen molar-refractivity contribution in [3.8, 4) is 0 Å². The number of aromatic amines is 1. The van der Waals surface area contributed by atoms with Crippen LogP contribution in [0, 0.1) is 0 Å². The third-order valence-electron chi connectivity index (χ3n) is 2.63. The fourth-order valence-electron chi connectivity index (χ4n) is 1.81. The van der Waals surface area contributed by atoms with Crippen LogP contribution in [0.3, 0.4) is 0 Å². The number of fused-ring (bicyclic) bond motifs is 3. The highest BCUT2D eigenvalue weighted by molar-refractivity contribution is 6.00. The molecule has 1 amide bonds. The Balaban J connectivity index is 2.16. The van der Waals surface area contributed by atoms with Gasteiger partial charge in [0.05, 0.1) is 6.33 Å². The zero-order chi connectivity index (χ0) is 9.05. The molecule has 0 bridgehead atoms. The number of hydrogen-bond donors (Lipinski definition) is 3. The van der Waals surface area contributed by atoms with E-state index in [1.165, 1.54) is 6.33 Å². The Kier molecular flexibility index (Phi) is 0.981. The molecule has 1 aromatic rings. The summed E-state index contributed by atoms with van der Waals surface area (Å²) in [6.45, 7) is 0.842. The van der Waals surface area contributed by atoms with Gasteiger partial charge < -0.3 is 15.2 Å². The standard InChI is InChI=1S/C7H9N5O/c8-7-1-2-12(7)5-4(6(13)11-7)9-3-10-5/h3H,1-2,8H2,(H,9,10)(H,11,13). The van der Waals surface area contributed by atoms with Crippen molar-refractivity contribution in [3.05, 3.63) is 12.0 Å². The van der Waals surface area contributed by atoms with Gasteiger partial charge in [0.15, 0.2) is 11.6 Å². The van der Waals surface area contributed by atoms with Crippen LogP contribution in [0.25, 0.3) is 0 Å². The van der Waals surface area contributed by atoms with Crippen LogP contribution >= 0.6 is 0 Å². The molecule has 1 unspecified atom stereocenters. The number of imidazole rings is 1. The van der Waals surface area contributed by atoms with Crippen molar-refractivity contribution in [2.75, 3.05) is 11.4 Å². The molecule has 3 heterocycles. The lowest BCUT2D eigenvalue weighted by Crippen LogP contribution is -2.77. The number of carbonyl (C=O) groups is 1. The second kappa shape index (κ2) is 1.85. The van der Waals surface area contributed by atoms with Gasteiger partial charge in [-0.1, -0.05) is 0 Å². The molecule has 0 radical (unpaired) electrons. The predicted octanol–water partition coefficient (Wildman–Crippen LogP) is -1.02. The predicted molar refractivity (Wildman–Crippen MR) is 44.9 cm³/mol. The van der Waals surface area contributed by atoms with Gasteiger partial charge in [-0.15, -0.1) is 0 Å². The molecule has 1 saturated heterocycles. The second-order valence-electron chi connectivity index (χ2n) is 3.38. The molecule has 1 fully saturated rings. The topological polar surface area (TPSA) is 87.0 Å². The van der Waals surface area contributed by atoms with Gasteiger partial charge in [-0.25, -0.2) is 4.98 Å². The van der Waals surface area contributed by atoms with Gasteiger partial charge in [-0.2, -0.15) is 0 Å². The fourth-order valence-corrected chi connectivity index (χ4v) is 1.81. The summed E-state index contributed by atoms with van der Waals surface area (Å²) < 4.78 is 0. The molecule has 2 aliphatic heterocycles. The molecule has 1 aromatic heterocycles. The highest BCUT2D eigenvalue weighted by Crippen LogP contribution is 2.34. The van der Waals surface area contributed by atoms with E-state index in [1.807, 2.05) is 4.90 Å². The summed E-state index contributed by atoms with van der Waals surface area (Å²) in [6.07, 6.45) is 2.28. The van der Waals surface area contributed by atoms with Crippen LogP contribution in [0.4, 0.5) is 5.82 Å². The van der Waals surface area contributed by atoms with Crippen LogP contribution in [0.15, 0.2) is 6.33 Å². The number of carbonyl (C=O) groups excluding carboxylic acids is 1. The maximum atomic E-state index is 11.5. The third-order valence-corrected chi connectivity index (χ3v) is 2.63. The lowest BCUT2D eigenvalue weighted by Gasteiger charge is -2.52. The lowest BCUT2D eigenvalue weighted by atomic mass is 10.0. The van der Waals surface area contributed by atoms with Gasteiger partial charge in [-0.05, 0) is 0 Å². The van der Waals surface area contributed by atoms with Gasteiger partial charge in [0.2, 0.25) is 0 Å². The molecule has 0 aliphatic carbocycles. The Bertz CT molecular complexity index is 386. The molecular weight excluding hydrogens is 170 g/mol. The zero-order valence-electron chi connectivity index (χ0n) is 6.87. The van der Waals surface area contributed by atoms with E-state index < -0.39 is 5.79 Å². The van der Waals surface area contributed by atoms with E-state index in [0.29, 0.717) is 11.5 Å². The molecular formula is C7H9N5O. The van der Waals surface area contributed by atoms with Crippen LogP contribution < -0.4 is 16.0 Å². The average Bonchev–Trinajstić information content (AvgIpc) is 2.49. The van der Waals surface area contributed by atoms with E-state index in [2.05, 4.69) is 15.3 Å². The van der Waals surface area contributed by atoms with Crippen molar-refractivity contribution in [1.82, 2.24) is 15.3 Å². The van der Waals surface area contributed by atoms with E-state index in [9.17, 15) is 4.79 Å². The molecule has 4 N–H and O–H groups in total. The first-order valence-electron chi connectivity index (χ1n) is 4.13. The molecule has 13 heavy (non-hydrogen) atoms. The molecule has 2 aliphatic rings. The fraction of sp³-hybridized carbons (Fsp3) is 0.429. The van der Waals surface area contributed by atoms with E-state index >= 15 is 0 Å². The Morgan fingerprint density at radius 1 is 1.69 bits per heavy atom. The number of H-pyrrole nitrogens is 1. The normalized spacial score (nSPS) is 30.2. The number of aromatic nitrogens is 2. The van der Waals surface area contributed by atoms with Crippen molar-refractivity contribution < 1.29 is 4.79 Å². The van der Waals surface area contributed by atoms with Crippen molar-refractivity contribution in [1.29, 1.82) is 0 Å². The van der Waals surface area contributed by atoms with Gasteiger partial charge in [0.1, 0.15) is 5.69 Å². The van der Waals surface area contributed by atoms with Crippen molar-refractivity contribution in [2.24, 2.45) is 5.73 Å². The molecule has 68 valence electrons. The van der Waals surface area contributed by atoms with Crippen LogP contribution in [-0.4, -0.2) is 28.2 Å². The maximum absolute atomic E-state index is 11.5. The first kappa shape index (κ1) is 6.90. The summed E-state index contributed by atoms with van der Waals surface area (Å²) in [7, 11) is 0. The molecule has 0 saturated carbocycles. The number of nitrogens with two attached hydrogens (primary N) is 1. The van der Waals surface area contributed by atoms with E-state index in [1.54, 1.807) is 0 Å². The summed E-state index contributed by atoms with van der Waals surface area (Å²) in [5, 5.41) is 2.73. The summed E-state index contributed by atoms with van der Waals surface area (Å²) >= 11 is 0. The number of amides is 1. The lowest BCUT2D eigenvalue weighted by molar-refractivity contribution is 0.0825. The summed E-state index contributed by atoms with van der Waals surface area (Å²) in [6, 6.07) is 0. The first-order valence-corrected chi connectivity index (χ1v) is 4.13. The minimum Gasteiger partial charge on any atom is -0.339 e. The van der Waals surface area contributed by atoms with Crippen LogP contribution in [-0.2, 0) is 0 Å². The second-order valence-corrected chi connectivity index (χ2v) is 3.38. The summed E-state index contributed by atoms with van der Waals surface area (Å²) in [5.41, 5.74) is 6.41. The van der Waals surface area contributed by atoms with Crippen molar-refractivity contribution >= 4 is 11.7 Å². The van der Waals surface area contributed by atoms with E-state index in [0.717, 1.165) is 13.0 Å². The minimum atomic E-state index is -0.695. The Morgan fingerprint density at radius 3 is 3.23 bits per heavy atom. The highest BCUT2D eigenvalue weighted by Gasteiger charge is 2.49. The molecule has 3 rings (SSSR count). The highest BCUT2D eigenvalue weighted by atomic mass is 16.2. The van der Waals surface area contributed by atoms with Gasteiger partial charge in [-0.3, -0.25) is 10.5 Å². The summed E-state index contributed by atoms with van der Waals surface area (Å²) in [5.74, 6) is -0.206. The number of anilines is 1. The summed E-state index contributed by atoms with van der Waals surface area (Å²) in [4.78, 5) is 20.2. The SMILES string of the molecule is NC12CCN1c1nc[nH]c1C(=O)N2. The zero-order valence-corrected chi connectivity index (χ0v) is 6.87. The van der Waals surface area contributed by atoms with Crippen molar-refractivity contribution in [2.45, 2.75) is 12.2 Å². The molecule has 6 heteroatoms. The number of rotatable bonds is 0. The number of hydrogen-bond acceptors (Lipinski definition) is 4. The molecule has 6 nitrogen and oxygen atoms in total. The number of nitrogens with zero attached hydrogens (tertiary/aromatic N) is 2. The van der Waals surface area contributed by atoms with Crippen molar-refractivity contribution in [3.63, 3.8) is 0 Å². The average molecular weight is 179 g/mol. The molecule has 1 atom stereocenters. The van der Waals surface area contributed by atoms with E-state index in [4.69, 9.17) is 5.73 Å². The van der Waals surface area contributed by atoms with E-state index in [-0.39, 0.29) is 5.91 Å². The smallest absolute Gasteiger partial charge is 0.274 e. The van der Waals surface area contributed by atoms with Gasteiger partial charge >= 0.3 is 0 Å². The quantitative estimate of drug-likeness (QED) is 0.475. The Morgan fingerprint density at radius 2 is 2.54 bits per heavy atom. The minimum absolute atomic E-state index is 0.175. The molecule has 0 spiro atoms. The Hall–Kier alpha value is -1.56. The first-order chi connectivity index (χ1) is 6.21. The van der Waals surface area contributed by atoms with Gasteiger partial charge in [0.25, 0.3) is 5.91 Å². The third kappa shape index (κ3) is 0.665. The van der Waals surface area contributed by atoms with Crippen LogP contribution in [0.5, 0.6) is 0 Å². The largest absolute Gasteiger partial charge is 0.339 e. The molecule has 0 aromatic carbocycles. The van der Waals surface area contributed by atoms with Gasteiger partial charge in [0, 0.05) is 13.0 Å². The monoisotopic (exact) mass is 179 g/mol. The number of nitrogens with one attached hydrogen (secondary N) is 2. The van der Waals surface area contributed by atoms with Crippen LogP contribution in [0.2, 0.25) is 0 Å². The maximum Gasteiger partial charge on any atom is 0.274 e. The Labute approximate surface area is 74.1 Å². The van der Waals surface area contributed by atoms with Crippen LogP contribution in [0.1, 0.15) is 16.9 Å².